The zero-order valence-corrected chi connectivity index (χ0v) is 16.4. The fraction of sp³-hybridized carbons (Fsp3) is 0.786. The van der Waals surface area contributed by atoms with E-state index in [9.17, 15) is 0 Å². The lowest BCUT2D eigenvalue weighted by Gasteiger charge is -2.47. The number of halogens is 1. The Balaban J connectivity index is 0.00000192. The predicted octanol–water partition coefficient (Wildman–Crippen LogP) is -0.594. The molecule has 4 rings (SSSR count). The maximum atomic E-state index is 4.29. The van der Waals surface area contributed by atoms with E-state index in [0.29, 0.717) is 12.6 Å². The van der Waals surface area contributed by atoms with Crippen molar-refractivity contribution in [2.45, 2.75) is 19.5 Å². The van der Waals surface area contributed by atoms with E-state index >= 15 is 0 Å². The van der Waals surface area contributed by atoms with Gasteiger partial charge in [-0.2, -0.15) is 0 Å². The van der Waals surface area contributed by atoms with Gasteiger partial charge in [0.25, 0.3) is 0 Å². The summed E-state index contributed by atoms with van der Waals surface area (Å²) in [5.74, 6) is 2.64. The first kappa shape index (κ1) is 18.4. The molecule has 1 atom stereocenters. The second-order valence-corrected chi connectivity index (χ2v) is 6.02. The summed E-state index contributed by atoms with van der Waals surface area (Å²) in [4.78, 5) is 9.41. The summed E-state index contributed by atoms with van der Waals surface area (Å²) in [6, 6.07) is 0.582. The minimum Gasteiger partial charge on any atom is -0.355 e. The lowest BCUT2D eigenvalue weighted by Crippen LogP contribution is -2.63. The first-order valence-corrected chi connectivity index (χ1v) is 7.93. The van der Waals surface area contributed by atoms with Crippen molar-refractivity contribution in [3.63, 3.8) is 0 Å². The Bertz CT molecular complexity index is 535. The van der Waals surface area contributed by atoms with Gasteiger partial charge in [-0.25, -0.2) is 0 Å². The molecular weight excluding hydrogens is 407 g/mol. The van der Waals surface area contributed by atoms with Crippen LogP contribution in [-0.2, 0) is 13.6 Å². The number of nitrogens with one attached hydrogen (secondary N) is 2. The normalized spacial score (nSPS) is 26.7. The van der Waals surface area contributed by atoms with Gasteiger partial charge in [0, 0.05) is 59.4 Å². The van der Waals surface area contributed by atoms with Gasteiger partial charge in [-0.15, -0.1) is 34.2 Å². The van der Waals surface area contributed by atoms with Crippen LogP contribution in [0.1, 0.15) is 11.6 Å². The summed E-state index contributed by atoms with van der Waals surface area (Å²) in [7, 11) is 3.77. The Morgan fingerprint density at radius 1 is 1.22 bits per heavy atom. The number of piperazine rings is 3. The van der Waals surface area contributed by atoms with E-state index in [-0.39, 0.29) is 24.0 Å². The molecule has 3 saturated heterocycles. The highest BCUT2D eigenvalue weighted by Gasteiger charge is 2.31. The van der Waals surface area contributed by atoms with Gasteiger partial charge in [0.05, 0.1) is 6.54 Å². The van der Waals surface area contributed by atoms with Crippen molar-refractivity contribution in [2.24, 2.45) is 12.0 Å². The topological polar surface area (TPSA) is 73.6 Å². The Morgan fingerprint density at radius 2 is 1.96 bits per heavy atom. The highest BCUT2D eigenvalue weighted by molar-refractivity contribution is 14.0. The third-order valence-corrected chi connectivity index (χ3v) is 4.72. The van der Waals surface area contributed by atoms with Gasteiger partial charge in [-0.05, 0) is 6.92 Å². The third kappa shape index (κ3) is 4.32. The summed E-state index contributed by atoms with van der Waals surface area (Å²) in [6.45, 7) is 9.47. The van der Waals surface area contributed by atoms with Crippen LogP contribution in [0.4, 0.5) is 0 Å². The molecule has 4 heterocycles. The molecule has 3 fully saturated rings. The van der Waals surface area contributed by atoms with E-state index in [1.165, 1.54) is 26.2 Å². The maximum absolute atomic E-state index is 4.29. The first-order chi connectivity index (χ1) is 10.7. The van der Waals surface area contributed by atoms with Crippen LogP contribution < -0.4 is 10.6 Å². The van der Waals surface area contributed by atoms with Gasteiger partial charge >= 0.3 is 0 Å². The standard InChI is InChI=1S/C14H26N8.HI/c1-11-18-19-13(20(11)3)9-17-14(15-2)16-8-12-10-21-4-6-22(12)7-5-21;/h12H,4-10H2,1-3H3,(H2,15,16,17);1H. The number of aryl methyl sites for hydroxylation is 1. The molecule has 1 aromatic rings. The Morgan fingerprint density at radius 3 is 2.48 bits per heavy atom. The minimum atomic E-state index is 0. The van der Waals surface area contributed by atoms with E-state index in [1.54, 1.807) is 7.05 Å². The zero-order chi connectivity index (χ0) is 15.5. The SMILES string of the molecule is CN=C(NCc1nnc(C)n1C)NCC1CN2CCN1CC2.I. The van der Waals surface area contributed by atoms with Crippen LogP contribution in [0.15, 0.2) is 4.99 Å². The second-order valence-electron chi connectivity index (χ2n) is 6.02. The van der Waals surface area contributed by atoms with Crippen LogP contribution in [0.3, 0.4) is 0 Å². The number of rotatable bonds is 4. The van der Waals surface area contributed by atoms with Gasteiger partial charge in [0.1, 0.15) is 5.82 Å². The predicted molar refractivity (Wildman–Crippen MR) is 101 cm³/mol. The molecule has 2 N–H and O–H groups in total. The minimum absolute atomic E-state index is 0. The van der Waals surface area contributed by atoms with Crippen molar-refractivity contribution < 1.29 is 0 Å². The number of aromatic nitrogens is 3. The van der Waals surface area contributed by atoms with E-state index in [2.05, 4.69) is 35.6 Å². The molecule has 3 aliphatic heterocycles. The van der Waals surface area contributed by atoms with Gasteiger partial charge in [0.15, 0.2) is 11.8 Å². The maximum Gasteiger partial charge on any atom is 0.191 e. The van der Waals surface area contributed by atoms with Crippen LogP contribution in [0.25, 0.3) is 0 Å². The third-order valence-electron chi connectivity index (χ3n) is 4.72. The van der Waals surface area contributed by atoms with Crippen LogP contribution >= 0.6 is 24.0 Å². The van der Waals surface area contributed by atoms with Crippen molar-refractivity contribution >= 4 is 29.9 Å². The highest BCUT2D eigenvalue weighted by atomic mass is 127. The van der Waals surface area contributed by atoms with Gasteiger partial charge in [0.2, 0.25) is 0 Å². The number of hydrogen-bond donors (Lipinski definition) is 2. The van der Waals surface area contributed by atoms with Crippen molar-refractivity contribution in [3.05, 3.63) is 11.6 Å². The average molecular weight is 434 g/mol. The molecule has 0 aliphatic carbocycles. The number of fused-ring (bicyclic) bond motifs is 3. The molecule has 130 valence electrons. The quantitative estimate of drug-likeness (QED) is 0.375. The largest absolute Gasteiger partial charge is 0.355 e. The molecule has 9 heteroatoms. The summed E-state index contributed by atoms with van der Waals surface area (Å²) >= 11 is 0. The Kier molecular flexibility index (Phi) is 6.60. The molecule has 0 spiro atoms. The molecule has 8 nitrogen and oxygen atoms in total. The van der Waals surface area contributed by atoms with Crippen LogP contribution in [0.5, 0.6) is 0 Å². The van der Waals surface area contributed by atoms with Crippen LogP contribution in [0.2, 0.25) is 0 Å². The lowest BCUT2D eigenvalue weighted by atomic mass is 10.1. The molecule has 0 radical (unpaired) electrons. The molecule has 0 amide bonds. The Labute approximate surface area is 154 Å². The molecule has 23 heavy (non-hydrogen) atoms. The van der Waals surface area contributed by atoms with Crippen molar-refractivity contribution in [1.82, 2.24) is 35.2 Å². The summed E-state index contributed by atoms with van der Waals surface area (Å²) in [5, 5.41) is 15.0. The van der Waals surface area contributed by atoms with E-state index < -0.39 is 0 Å². The Hall–Kier alpha value is -0.940. The van der Waals surface area contributed by atoms with Crippen molar-refractivity contribution in [3.8, 4) is 0 Å². The number of aliphatic imine (C=N–C) groups is 1. The molecule has 2 bridgehead atoms. The monoisotopic (exact) mass is 434 g/mol. The number of guanidine groups is 1. The lowest BCUT2D eigenvalue weighted by molar-refractivity contribution is 0.0154. The molecular formula is C14H27IN8. The van der Waals surface area contributed by atoms with Gasteiger partial charge in [-0.3, -0.25) is 14.8 Å². The van der Waals surface area contributed by atoms with Gasteiger partial charge < -0.3 is 15.2 Å². The van der Waals surface area contributed by atoms with Crippen LogP contribution in [0, 0.1) is 6.92 Å². The molecule has 1 unspecified atom stereocenters. The smallest absolute Gasteiger partial charge is 0.191 e. The average Bonchev–Trinajstić information content (AvgIpc) is 2.88. The molecule has 0 saturated carbocycles. The fourth-order valence-corrected chi connectivity index (χ4v) is 3.12. The summed E-state index contributed by atoms with van der Waals surface area (Å²) < 4.78 is 1.99. The van der Waals surface area contributed by atoms with Crippen molar-refractivity contribution in [2.75, 3.05) is 46.3 Å². The summed E-state index contributed by atoms with van der Waals surface area (Å²) in [5.41, 5.74) is 0. The first-order valence-electron chi connectivity index (χ1n) is 7.93. The zero-order valence-electron chi connectivity index (χ0n) is 14.1. The van der Waals surface area contributed by atoms with Crippen LogP contribution in [-0.4, -0.2) is 82.9 Å². The van der Waals surface area contributed by atoms with Crippen molar-refractivity contribution in [1.29, 1.82) is 0 Å². The van der Waals surface area contributed by atoms with E-state index in [1.807, 2.05) is 18.5 Å². The second kappa shape index (κ2) is 8.25. The molecule has 3 aliphatic rings. The van der Waals surface area contributed by atoms with Gasteiger partial charge in [-0.1, -0.05) is 0 Å². The molecule has 1 aromatic heterocycles. The fourth-order valence-electron chi connectivity index (χ4n) is 3.12. The molecule has 0 aromatic carbocycles. The number of hydrogen-bond acceptors (Lipinski definition) is 5. The highest BCUT2D eigenvalue weighted by Crippen LogP contribution is 2.14. The number of nitrogens with zero attached hydrogens (tertiary/aromatic N) is 6. The summed E-state index contributed by atoms with van der Waals surface area (Å²) in [6.07, 6.45) is 0. The van der Waals surface area contributed by atoms with E-state index in [4.69, 9.17) is 0 Å². The van der Waals surface area contributed by atoms with E-state index in [0.717, 1.165) is 30.7 Å².